The zero-order chi connectivity index (χ0) is 17.1. The Morgan fingerprint density at radius 1 is 1.04 bits per heavy atom. The van der Waals surface area contributed by atoms with E-state index in [1.54, 1.807) is 24.3 Å². The fraction of sp³-hybridized carbons (Fsp3) is 0. The molecule has 3 nitrogen and oxygen atoms in total. The number of nitrogens with zero attached hydrogens (tertiary/aromatic N) is 1. The van der Waals surface area contributed by atoms with E-state index >= 15 is 0 Å². The van der Waals surface area contributed by atoms with Gasteiger partial charge in [0, 0.05) is 5.03 Å². The lowest BCUT2D eigenvalue weighted by Gasteiger charge is -2.03. The number of benzene rings is 2. The third kappa shape index (κ3) is 3.70. The normalized spacial score (nSPS) is 16.3. The first-order valence-electron chi connectivity index (χ1n) is 6.94. The second-order valence-corrected chi connectivity index (χ2v) is 6.10. The summed E-state index contributed by atoms with van der Waals surface area (Å²) in [6.45, 7) is 0. The van der Waals surface area contributed by atoms with Crippen LogP contribution in [0.4, 0.5) is 0 Å². The van der Waals surface area contributed by atoms with Gasteiger partial charge in [0.05, 0.1) is 15.6 Å². The molecule has 0 spiro atoms. The molecule has 0 aliphatic carbocycles. The van der Waals surface area contributed by atoms with Crippen LogP contribution >= 0.6 is 34.8 Å². The summed E-state index contributed by atoms with van der Waals surface area (Å²) in [5.74, 6) is -0.497. The molecule has 0 N–H and O–H groups in total. The van der Waals surface area contributed by atoms with Crippen molar-refractivity contribution in [1.82, 2.24) is 0 Å². The lowest BCUT2D eigenvalue weighted by Crippen LogP contribution is -2.06. The Balaban J connectivity index is 1.92. The van der Waals surface area contributed by atoms with Crippen molar-refractivity contribution in [3.05, 3.63) is 86.5 Å². The molecule has 1 heterocycles. The first-order valence-corrected chi connectivity index (χ1v) is 8.07. The lowest BCUT2D eigenvalue weighted by atomic mass is 10.2. The van der Waals surface area contributed by atoms with Crippen molar-refractivity contribution < 1.29 is 9.53 Å². The van der Waals surface area contributed by atoms with E-state index in [9.17, 15) is 4.79 Å². The monoisotopic (exact) mass is 377 g/mol. The summed E-state index contributed by atoms with van der Waals surface area (Å²) in [6.07, 6.45) is 3.17. The van der Waals surface area contributed by atoms with Crippen molar-refractivity contribution in [1.29, 1.82) is 0 Å². The summed E-state index contributed by atoms with van der Waals surface area (Å²) in [5, 5.41) is 0.987. The molecule has 0 saturated carbocycles. The van der Waals surface area contributed by atoms with E-state index in [0.29, 0.717) is 15.6 Å². The minimum Gasteiger partial charge on any atom is -0.402 e. The van der Waals surface area contributed by atoms with Gasteiger partial charge in [0.25, 0.3) is 0 Å². The Morgan fingerprint density at radius 3 is 2.54 bits per heavy atom. The van der Waals surface area contributed by atoms with Crippen molar-refractivity contribution >= 4 is 52.7 Å². The number of esters is 1. The number of hydrogen-bond donors (Lipinski definition) is 0. The number of ether oxygens (including phenoxy) is 1. The number of hydrogen-bond acceptors (Lipinski definition) is 3. The zero-order valence-electron chi connectivity index (χ0n) is 12.2. The molecule has 2 aromatic rings. The third-order valence-electron chi connectivity index (χ3n) is 3.18. The molecule has 0 radical (unpaired) electrons. The van der Waals surface area contributed by atoms with Gasteiger partial charge in [0.2, 0.25) is 5.90 Å². The Kier molecular flexibility index (Phi) is 5.05. The minimum atomic E-state index is -0.597. The minimum absolute atomic E-state index is 0.0956. The molecule has 0 aromatic heterocycles. The Bertz CT molecular complexity index is 886. The molecule has 0 atom stereocenters. The van der Waals surface area contributed by atoms with E-state index in [-0.39, 0.29) is 16.6 Å². The van der Waals surface area contributed by atoms with E-state index in [1.807, 2.05) is 30.3 Å². The summed E-state index contributed by atoms with van der Waals surface area (Å²) in [4.78, 5) is 16.1. The zero-order valence-corrected chi connectivity index (χ0v) is 14.4. The number of carbonyl (C=O) groups is 1. The van der Waals surface area contributed by atoms with Gasteiger partial charge in [-0.3, -0.25) is 0 Å². The van der Waals surface area contributed by atoms with Gasteiger partial charge in [0.1, 0.15) is 0 Å². The van der Waals surface area contributed by atoms with E-state index in [1.165, 1.54) is 6.08 Å². The first-order chi connectivity index (χ1) is 11.5. The van der Waals surface area contributed by atoms with Gasteiger partial charge >= 0.3 is 5.97 Å². The van der Waals surface area contributed by atoms with Gasteiger partial charge in [-0.05, 0) is 29.8 Å². The molecule has 2 aromatic carbocycles. The van der Waals surface area contributed by atoms with Gasteiger partial charge in [-0.1, -0.05) is 71.2 Å². The number of carbonyl (C=O) groups excluding carboxylic acids is 1. The molecule has 120 valence electrons. The van der Waals surface area contributed by atoms with Crippen LogP contribution in [-0.4, -0.2) is 11.9 Å². The average molecular weight is 379 g/mol. The highest BCUT2D eigenvalue weighted by Crippen LogP contribution is 2.29. The second kappa shape index (κ2) is 7.22. The fourth-order valence-corrected chi connectivity index (χ4v) is 2.68. The molecule has 0 amide bonds. The number of aliphatic imine (C=N–C) groups is 1. The van der Waals surface area contributed by atoms with Crippen LogP contribution in [0.2, 0.25) is 10.0 Å². The highest BCUT2D eigenvalue weighted by molar-refractivity contribution is 6.44. The molecule has 24 heavy (non-hydrogen) atoms. The predicted octanol–water partition coefficient (Wildman–Crippen LogP) is 5.46. The van der Waals surface area contributed by atoms with Crippen LogP contribution in [0.3, 0.4) is 0 Å². The van der Waals surface area contributed by atoms with Crippen molar-refractivity contribution in [2.45, 2.75) is 0 Å². The molecular weight excluding hydrogens is 369 g/mol. The molecule has 6 heteroatoms. The number of halogens is 3. The van der Waals surface area contributed by atoms with Gasteiger partial charge in [0.15, 0.2) is 5.70 Å². The molecule has 0 unspecified atom stereocenters. The second-order valence-electron chi connectivity index (χ2n) is 4.88. The maximum atomic E-state index is 12.0. The number of rotatable bonds is 3. The fourth-order valence-electron chi connectivity index (χ4n) is 2.07. The van der Waals surface area contributed by atoms with E-state index in [4.69, 9.17) is 39.5 Å². The Labute approximate surface area is 153 Å². The smallest absolute Gasteiger partial charge is 0.363 e. The summed E-state index contributed by atoms with van der Waals surface area (Å²) >= 11 is 18.3. The van der Waals surface area contributed by atoms with Crippen LogP contribution in [0.5, 0.6) is 0 Å². The van der Waals surface area contributed by atoms with E-state index < -0.39 is 5.97 Å². The quantitative estimate of drug-likeness (QED) is 0.525. The average Bonchev–Trinajstić information content (AvgIpc) is 2.91. The van der Waals surface area contributed by atoms with Crippen LogP contribution in [0.1, 0.15) is 11.1 Å². The van der Waals surface area contributed by atoms with E-state index in [2.05, 4.69) is 4.99 Å². The van der Waals surface area contributed by atoms with Gasteiger partial charge in [-0.15, -0.1) is 0 Å². The first kappa shape index (κ1) is 16.8. The molecule has 0 bridgehead atoms. The Morgan fingerprint density at radius 2 is 1.79 bits per heavy atom. The number of cyclic esters (lactones) is 1. The number of allylic oxidation sites excluding steroid dienone is 2. The molecule has 0 fully saturated rings. The molecule has 1 aliphatic heterocycles. The van der Waals surface area contributed by atoms with Gasteiger partial charge in [-0.25, -0.2) is 9.79 Å². The van der Waals surface area contributed by atoms with Crippen LogP contribution in [0.25, 0.3) is 6.08 Å². The topological polar surface area (TPSA) is 38.7 Å². The largest absolute Gasteiger partial charge is 0.402 e. The summed E-state index contributed by atoms with van der Waals surface area (Å²) in [6, 6.07) is 14.5. The lowest BCUT2D eigenvalue weighted by molar-refractivity contribution is -0.130. The van der Waals surface area contributed by atoms with Crippen molar-refractivity contribution in [3.63, 3.8) is 0 Å². The predicted molar refractivity (Wildman–Crippen MR) is 97.4 cm³/mol. The van der Waals surface area contributed by atoms with Crippen LogP contribution in [0.15, 0.2) is 70.3 Å². The SMILES string of the molecule is O=C1OC(c2cccc(Cl)c2Cl)=N/C1=C\C(Cl)=C\c1ccccc1. The highest BCUT2D eigenvalue weighted by atomic mass is 35.5. The van der Waals surface area contributed by atoms with Crippen molar-refractivity contribution in [2.24, 2.45) is 4.99 Å². The van der Waals surface area contributed by atoms with Crippen LogP contribution in [0, 0.1) is 0 Å². The standard InChI is InChI=1S/C18H10Cl3NO2/c19-12(9-11-5-2-1-3-6-11)10-15-18(23)24-17(22-15)13-7-4-8-14(20)16(13)21/h1-10H/b12-9-,15-10-. The van der Waals surface area contributed by atoms with Gasteiger partial charge in [-0.2, -0.15) is 0 Å². The molecule has 1 aliphatic rings. The maximum Gasteiger partial charge on any atom is 0.363 e. The van der Waals surface area contributed by atoms with Crippen LogP contribution < -0.4 is 0 Å². The molecule has 3 rings (SSSR count). The van der Waals surface area contributed by atoms with Crippen molar-refractivity contribution in [2.75, 3.05) is 0 Å². The summed E-state index contributed by atoms with van der Waals surface area (Å²) in [7, 11) is 0. The summed E-state index contributed by atoms with van der Waals surface area (Å²) in [5.41, 5.74) is 1.45. The van der Waals surface area contributed by atoms with Crippen LogP contribution in [-0.2, 0) is 9.53 Å². The van der Waals surface area contributed by atoms with Gasteiger partial charge < -0.3 is 4.74 Å². The van der Waals surface area contributed by atoms with Crippen molar-refractivity contribution in [3.8, 4) is 0 Å². The third-order valence-corrected chi connectivity index (χ3v) is 4.22. The summed E-state index contributed by atoms with van der Waals surface area (Å²) < 4.78 is 5.16. The molecular formula is C18H10Cl3NO2. The Hall–Kier alpha value is -2.07. The van der Waals surface area contributed by atoms with E-state index in [0.717, 1.165) is 5.56 Å². The molecule has 0 saturated heterocycles. The maximum absolute atomic E-state index is 12.0. The highest BCUT2D eigenvalue weighted by Gasteiger charge is 2.26.